The van der Waals surface area contributed by atoms with Gasteiger partial charge >= 0.3 is 0 Å². The fraction of sp³-hybridized carbons (Fsp3) is 0.909. The van der Waals surface area contributed by atoms with Crippen LogP contribution in [0.1, 0.15) is 58.3 Å². The molecular formula is C11H21O3-. The SMILES string of the molecule is CCCCCCCC(O)CCC(=O)[O-]. The average Bonchev–Trinajstić information content (AvgIpc) is 2.14. The highest BCUT2D eigenvalue weighted by molar-refractivity contribution is 5.64. The van der Waals surface area contributed by atoms with E-state index in [0.717, 1.165) is 19.3 Å². The molecule has 0 aromatic carbocycles. The van der Waals surface area contributed by atoms with Crippen molar-refractivity contribution in [1.82, 2.24) is 0 Å². The standard InChI is InChI=1S/C11H22O3/c1-2-3-4-5-6-7-10(12)8-9-11(13)14/h10,12H,2-9H2,1H3,(H,13,14)/p-1. The van der Waals surface area contributed by atoms with Crippen molar-refractivity contribution in [2.75, 3.05) is 0 Å². The van der Waals surface area contributed by atoms with E-state index in [4.69, 9.17) is 0 Å². The molecule has 0 saturated heterocycles. The van der Waals surface area contributed by atoms with Gasteiger partial charge < -0.3 is 15.0 Å². The van der Waals surface area contributed by atoms with Crippen LogP contribution in [0, 0.1) is 0 Å². The Morgan fingerprint density at radius 1 is 1.21 bits per heavy atom. The number of hydrogen-bond donors (Lipinski definition) is 1. The predicted molar refractivity (Wildman–Crippen MR) is 53.6 cm³/mol. The molecule has 1 atom stereocenters. The third kappa shape index (κ3) is 9.52. The fourth-order valence-corrected chi connectivity index (χ4v) is 1.41. The van der Waals surface area contributed by atoms with E-state index >= 15 is 0 Å². The summed E-state index contributed by atoms with van der Waals surface area (Å²) >= 11 is 0. The highest BCUT2D eigenvalue weighted by Gasteiger charge is 2.03. The Kier molecular flexibility index (Phi) is 8.64. The van der Waals surface area contributed by atoms with Gasteiger partial charge in [0.1, 0.15) is 0 Å². The van der Waals surface area contributed by atoms with Crippen LogP contribution in [-0.4, -0.2) is 17.2 Å². The largest absolute Gasteiger partial charge is 0.550 e. The number of hydrogen-bond acceptors (Lipinski definition) is 3. The summed E-state index contributed by atoms with van der Waals surface area (Å²) in [5.74, 6) is -1.07. The van der Waals surface area contributed by atoms with Gasteiger partial charge in [-0.2, -0.15) is 0 Å². The van der Waals surface area contributed by atoms with Gasteiger partial charge in [-0.15, -0.1) is 0 Å². The van der Waals surface area contributed by atoms with Crippen molar-refractivity contribution in [2.24, 2.45) is 0 Å². The van der Waals surface area contributed by atoms with E-state index in [1.807, 2.05) is 0 Å². The third-order valence-corrected chi connectivity index (χ3v) is 2.32. The Labute approximate surface area is 86.1 Å². The first-order valence-electron chi connectivity index (χ1n) is 5.54. The van der Waals surface area contributed by atoms with Crippen molar-refractivity contribution in [3.63, 3.8) is 0 Å². The van der Waals surface area contributed by atoms with Gasteiger partial charge in [0.2, 0.25) is 0 Å². The predicted octanol–water partition coefficient (Wildman–Crippen LogP) is 1.24. The number of unbranched alkanes of at least 4 members (excludes halogenated alkanes) is 4. The van der Waals surface area contributed by atoms with E-state index in [2.05, 4.69) is 6.92 Å². The number of carbonyl (C=O) groups is 1. The van der Waals surface area contributed by atoms with Crippen LogP contribution in [0.5, 0.6) is 0 Å². The molecule has 0 bridgehead atoms. The molecule has 0 saturated carbocycles. The topological polar surface area (TPSA) is 60.4 Å². The van der Waals surface area contributed by atoms with Gasteiger partial charge in [0.15, 0.2) is 0 Å². The van der Waals surface area contributed by atoms with Crippen LogP contribution >= 0.6 is 0 Å². The minimum Gasteiger partial charge on any atom is -0.550 e. The molecule has 0 spiro atoms. The maximum absolute atomic E-state index is 10.1. The molecule has 0 aromatic heterocycles. The first-order valence-corrected chi connectivity index (χ1v) is 5.54. The lowest BCUT2D eigenvalue weighted by atomic mass is 10.1. The lowest BCUT2D eigenvalue weighted by Crippen LogP contribution is -2.23. The zero-order valence-corrected chi connectivity index (χ0v) is 9.00. The maximum Gasteiger partial charge on any atom is 0.0543 e. The molecule has 0 radical (unpaired) electrons. The van der Waals surface area contributed by atoms with Crippen molar-refractivity contribution < 1.29 is 15.0 Å². The molecule has 0 amide bonds. The molecule has 0 aliphatic carbocycles. The van der Waals surface area contributed by atoms with Gasteiger partial charge in [0.25, 0.3) is 0 Å². The van der Waals surface area contributed by atoms with Crippen LogP contribution < -0.4 is 5.11 Å². The number of aliphatic hydroxyl groups excluding tert-OH is 1. The number of carboxylic acid groups (broad SMARTS) is 1. The summed E-state index contributed by atoms with van der Waals surface area (Å²) in [6, 6.07) is 0. The molecule has 0 fully saturated rings. The minimum atomic E-state index is -1.07. The summed E-state index contributed by atoms with van der Waals surface area (Å²) in [6.45, 7) is 2.16. The van der Waals surface area contributed by atoms with Gasteiger partial charge in [0.05, 0.1) is 6.10 Å². The van der Waals surface area contributed by atoms with E-state index in [0.29, 0.717) is 6.42 Å². The van der Waals surface area contributed by atoms with Gasteiger partial charge in [-0.3, -0.25) is 0 Å². The summed E-state index contributed by atoms with van der Waals surface area (Å²) in [6.07, 6.45) is 6.36. The smallest absolute Gasteiger partial charge is 0.0543 e. The van der Waals surface area contributed by atoms with Crippen LogP contribution in [0.4, 0.5) is 0 Å². The second-order valence-electron chi connectivity index (χ2n) is 3.77. The number of aliphatic carboxylic acids is 1. The Bertz CT molecular complexity index is 145. The Balaban J connectivity index is 3.18. The summed E-state index contributed by atoms with van der Waals surface area (Å²) in [4.78, 5) is 10.1. The second kappa shape index (κ2) is 9.00. The lowest BCUT2D eigenvalue weighted by Gasteiger charge is -2.10. The van der Waals surface area contributed by atoms with Gasteiger partial charge in [-0.25, -0.2) is 0 Å². The van der Waals surface area contributed by atoms with Crippen molar-refractivity contribution in [3.8, 4) is 0 Å². The molecule has 0 aromatic rings. The van der Waals surface area contributed by atoms with Gasteiger partial charge in [0, 0.05) is 5.97 Å². The number of carbonyl (C=O) groups excluding carboxylic acids is 1. The molecule has 1 N–H and O–H groups in total. The van der Waals surface area contributed by atoms with Crippen LogP contribution in [-0.2, 0) is 4.79 Å². The molecule has 84 valence electrons. The van der Waals surface area contributed by atoms with Crippen LogP contribution in [0.2, 0.25) is 0 Å². The first-order chi connectivity index (χ1) is 6.66. The van der Waals surface area contributed by atoms with Gasteiger partial charge in [-0.05, 0) is 19.3 Å². The maximum atomic E-state index is 10.1. The molecule has 0 heterocycles. The average molecular weight is 201 g/mol. The second-order valence-corrected chi connectivity index (χ2v) is 3.77. The minimum absolute atomic E-state index is 0.0316. The summed E-state index contributed by atoms with van der Waals surface area (Å²) in [7, 11) is 0. The van der Waals surface area contributed by atoms with E-state index in [-0.39, 0.29) is 6.42 Å². The van der Waals surface area contributed by atoms with Gasteiger partial charge in [-0.1, -0.05) is 39.0 Å². The monoisotopic (exact) mass is 201 g/mol. The molecule has 3 nitrogen and oxygen atoms in total. The van der Waals surface area contributed by atoms with Crippen molar-refractivity contribution in [1.29, 1.82) is 0 Å². The Morgan fingerprint density at radius 3 is 2.43 bits per heavy atom. The number of aliphatic hydroxyl groups is 1. The zero-order valence-electron chi connectivity index (χ0n) is 9.00. The summed E-state index contributed by atoms with van der Waals surface area (Å²) < 4.78 is 0. The normalized spacial score (nSPS) is 12.7. The van der Waals surface area contributed by atoms with Crippen LogP contribution in [0.15, 0.2) is 0 Å². The molecule has 0 aliphatic heterocycles. The quantitative estimate of drug-likeness (QED) is 0.571. The van der Waals surface area contributed by atoms with E-state index < -0.39 is 12.1 Å². The molecule has 0 aliphatic rings. The van der Waals surface area contributed by atoms with Crippen molar-refractivity contribution in [2.45, 2.75) is 64.4 Å². The van der Waals surface area contributed by atoms with E-state index in [1.165, 1.54) is 19.3 Å². The number of carboxylic acids is 1. The third-order valence-electron chi connectivity index (χ3n) is 2.32. The molecule has 0 rings (SSSR count). The highest BCUT2D eigenvalue weighted by atomic mass is 16.4. The van der Waals surface area contributed by atoms with Crippen LogP contribution in [0.3, 0.4) is 0 Å². The van der Waals surface area contributed by atoms with Crippen molar-refractivity contribution >= 4 is 5.97 Å². The first kappa shape index (κ1) is 13.4. The summed E-state index contributed by atoms with van der Waals surface area (Å²) in [5, 5.41) is 19.5. The Morgan fingerprint density at radius 2 is 1.86 bits per heavy atom. The molecule has 3 heteroatoms. The summed E-state index contributed by atoms with van der Waals surface area (Å²) in [5.41, 5.74) is 0. The van der Waals surface area contributed by atoms with Crippen molar-refractivity contribution in [3.05, 3.63) is 0 Å². The lowest BCUT2D eigenvalue weighted by molar-refractivity contribution is -0.306. The molecule has 14 heavy (non-hydrogen) atoms. The molecule has 1 unspecified atom stereocenters. The molecular weight excluding hydrogens is 180 g/mol. The number of rotatable bonds is 9. The van der Waals surface area contributed by atoms with E-state index in [9.17, 15) is 15.0 Å². The zero-order chi connectivity index (χ0) is 10.8. The highest BCUT2D eigenvalue weighted by Crippen LogP contribution is 2.09. The van der Waals surface area contributed by atoms with Crippen LogP contribution in [0.25, 0.3) is 0 Å². The Hall–Kier alpha value is -0.570. The van der Waals surface area contributed by atoms with E-state index in [1.54, 1.807) is 0 Å². The fourth-order valence-electron chi connectivity index (χ4n) is 1.41.